The molecule has 3 rings (SSSR count). The van der Waals surface area contributed by atoms with Gasteiger partial charge in [0, 0.05) is 11.6 Å². The number of aliphatic hydroxyl groups excluding tert-OH is 1. The molecule has 0 radical (unpaired) electrons. The molecule has 0 saturated carbocycles. The van der Waals surface area contributed by atoms with E-state index in [0.717, 1.165) is 16.8 Å². The third-order valence-electron chi connectivity index (χ3n) is 3.83. The van der Waals surface area contributed by atoms with E-state index in [9.17, 15) is 28.3 Å². The van der Waals surface area contributed by atoms with E-state index >= 15 is 0 Å². The van der Waals surface area contributed by atoms with Gasteiger partial charge in [-0.05, 0) is 45.0 Å². The zero-order chi connectivity index (χ0) is 21.6. The van der Waals surface area contributed by atoms with Crippen LogP contribution in [-0.2, 0) is 10.9 Å². The number of nitrogens with one attached hydrogen (secondary N) is 1. The molecule has 2 aromatic heterocycles. The first-order chi connectivity index (χ1) is 13.3. The van der Waals surface area contributed by atoms with Crippen molar-refractivity contribution in [2.45, 2.75) is 39.0 Å². The molecule has 3 aromatic rings. The van der Waals surface area contributed by atoms with E-state index in [1.807, 2.05) is 0 Å². The van der Waals surface area contributed by atoms with Crippen molar-refractivity contribution in [2.24, 2.45) is 0 Å². The summed E-state index contributed by atoms with van der Waals surface area (Å²) in [6, 6.07) is 5.75. The van der Waals surface area contributed by atoms with Crippen LogP contribution >= 0.6 is 0 Å². The van der Waals surface area contributed by atoms with Gasteiger partial charge in [0.2, 0.25) is 12.1 Å². The summed E-state index contributed by atoms with van der Waals surface area (Å²) in [5.41, 5.74) is -2.73. The molecule has 1 aromatic carbocycles. The summed E-state index contributed by atoms with van der Waals surface area (Å²) in [5, 5.41) is 26.7. The van der Waals surface area contributed by atoms with Gasteiger partial charge in [0.15, 0.2) is 0 Å². The van der Waals surface area contributed by atoms with E-state index in [1.165, 1.54) is 24.4 Å². The summed E-state index contributed by atoms with van der Waals surface area (Å²) in [5.74, 6) is 0. The standard InChI is InChI=1S/C18H19F3N4O4/c1-17(2,3)29-16(27)22-13-7-10-9-24(23-14(10)25(28)15(13)26)12-6-4-5-11(8-12)18(19,20)21/h4-9,16,22,27-28H,1-3H3. The highest BCUT2D eigenvalue weighted by Gasteiger charge is 2.30. The molecule has 0 aliphatic rings. The van der Waals surface area contributed by atoms with E-state index in [2.05, 4.69) is 10.4 Å². The number of aromatic nitrogens is 3. The summed E-state index contributed by atoms with van der Waals surface area (Å²) in [7, 11) is 0. The second-order valence-electron chi connectivity index (χ2n) is 7.30. The van der Waals surface area contributed by atoms with Crippen LogP contribution < -0.4 is 10.9 Å². The maximum Gasteiger partial charge on any atom is 0.416 e. The molecule has 0 aliphatic heterocycles. The van der Waals surface area contributed by atoms with Crippen LogP contribution in [0.1, 0.15) is 26.3 Å². The number of halogens is 3. The Balaban J connectivity index is 2.01. The van der Waals surface area contributed by atoms with Crippen LogP contribution in [0, 0.1) is 0 Å². The first-order valence-corrected chi connectivity index (χ1v) is 8.50. The Labute approximate surface area is 162 Å². The molecule has 2 heterocycles. The Kier molecular flexibility index (Phi) is 5.05. The van der Waals surface area contributed by atoms with Gasteiger partial charge in [0.25, 0.3) is 0 Å². The molecule has 0 fully saturated rings. The molecule has 11 heteroatoms. The number of ether oxygens (including phenoxy) is 1. The fourth-order valence-electron chi connectivity index (χ4n) is 2.63. The minimum atomic E-state index is -4.53. The topological polar surface area (TPSA) is 102 Å². The lowest BCUT2D eigenvalue weighted by Crippen LogP contribution is -2.35. The zero-order valence-electron chi connectivity index (χ0n) is 15.7. The average molecular weight is 412 g/mol. The molecule has 0 saturated heterocycles. The fraction of sp³-hybridized carbons (Fsp3) is 0.333. The maximum absolute atomic E-state index is 12.9. The quantitative estimate of drug-likeness (QED) is 0.450. The number of fused-ring (bicyclic) bond motifs is 1. The molecule has 1 unspecified atom stereocenters. The van der Waals surface area contributed by atoms with E-state index < -0.39 is 29.3 Å². The van der Waals surface area contributed by atoms with Gasteiger partial charge in [-0.25, -0.2) is 4.68 Å². The second-order valence-corrected chi connectivity index (χ2v) is 7.30. The number of rotatable bonds is 4. The highest BCUT2D eigenvalue weighted by molar-refractivity contribution is 5.78. The Morgan fingerprint density at radius 3 is 2.52 bits per heavy atom. The van der Waals surface area contributed by atoms with Gasteiger partial charge in [0.05, 0.1) is 16.9 Å². The monoisotopic (exact) mass is 412 g/mol. The zero-order valence-corrected chi connectivity index (χ0v) is 15.7. The predicted octanol–water partition coefficient (Wildman–Crippen LogP) is 2.95. The van der Waals surface area contributed by atoms with Crippen molar-refractivity contribution in [1.29, 1.82) is 0 Å². The van der Waals surface area contributed by atoms with Crippen molar-refractivity contribution < 1.29 is 28.2 Å². The molecule has 29 heavy (non-hydrogen) atoms. The Bertz CT molecular complexity index is 1100. The minimum Gasteiger partial charge on any atom is -0.423 e. The van der Waals surface area contributed by atoms with E-state index in [1.54, 1.807) is 20.8 Å². The van der Waals surface area contributed by atoms with Gasteiger partial charge in [-0.2, -0.15) is 13.2 Å². The third-order valence-corrected chi connectivity index (χ3v) is 3.83. The minimum absolute atomic E-state index is 0.0917. The summed E-state index contributed by atoms with van der Waals surface area (Å²) in [4.78, 5) is 12.3. The number of benzene rings is 1. The van der Waals surface area contributed by atoms with Crippen molar-refractivity contribution in [3.8, 4) is 5.69 Å². The van der Waals surface area contributed by atoms with Gasteiger partial charge < -0.3 is 20.4 Å². The van der Waals surface area contributed by atoms with Crippen molar-refractivity contribution in [2.75, 3.05) is 5.32 Å². The van der Waals surface area contributed by atoms with Crippen LogP contribution in [-0.4, -0.2) is 36.8 Å². The maximum atomic E-state index is 12.9. The van der Waals surface area contributed by atoms with Gasteiger partial charge in [0.1, 0.15) is 5.69 Å². The molecule has 3 N–H and O–H groups in total. The highest BCUT2D eigenvalue weighted by Crippen LogP contribution is 2.30. The van der Waals surface area contributed by atoms with Crippen molar-refractivity contribution >= 4 is 16.7 Å². The lowest BCUT2D eigenvalue weighted by molar-refractivity contribution is -0.148. The predicted molar refractivity (Wildman–Crippen MR) is 98.0 cm³/mol. The fourth-order valence-corrected chi connectivity index (χ4v) is 2.63. The Morgan fingerprint density at radius 2 is 1.90 bits per heavy atom. The normalized spacial score (nSPS) is 13.6. The third kappa shape index (κ3) is 4.51. The lowest BCUT2D eigenvalue weighted by Gasteiger charge is -2.24. The lowest BCUT2D eigenvalue weighted by atomic mass is 10.2. The van der Waals surface area contributed by atoms with E-state index in [4.69, 9.17) is 4.74 Å². The number of hydrogen-bond acceptors (Lipinski definition) is 6. The molecule has 0 bridgehead atoms. The molecule has 8 nitrogen and oxygen atoms in total. The molecular formula is C18H19F3N4O4. The van der Waals surface area contributed by atoms with Gasteiger partial charge in [-0.15, -0.1) is 9.83 Å². The van der Waals surface area contributed by atoms with Crippen LogP contribution in [0.25, 0.3) is 16.7 Å². The average Bonchev–Trinajstić information content (AvgIpc) is 3.01. The molecule has 1 atom stereocenters. The molecule has 156 valence electrons. The molecule has 0 aliphatic carbocycles. The number of nitrogens with zero attached hydrogens (tertiary/aromatic N) is 3. The number of aliphatic hydroxyl groups is 1. The van der Waals surface area contributed by atoms with Gasteiger partial charge in [-0.1, -0.05) is 6.07 Å². The summed E-state index contributed by atoms with van der Waals surface area (Å²) in [6.07, 6.45) is -4.71. The van der Waals surface area contributed by atoms with Crippen LogP contribution in [0.4, 0.5) is 18.9 Å². The number of pyridine rings is 1. The molecular weight excluding hydrogens is 393 g/mol. The Morgan fingerprint density at radius 1 is 1.21 bits per heavy atom. The van der Waals surface area contributed by atoms with Crippen molar-refractivity contribution in [3.05, 3.63) is 52.4 Å². The SMILES string of the molecule is CC(C)(C)OC(O)Nc1cc2cn(-c3cccc(C(F)(F)F)c3)nc2n(O)c1=O. The number of alkyl halides is 3. The highest BCUT2D eigenvalue weighted by atomic mass is 19.4. The summed E-state index contributed by atoms with van der Waals surface area (Å²) in [6.45, 7) is 5.10. The summed E-state index contributed by atoms with van der Waals surface area (Å²) >= 11 is 0. The number of anilines is 1. The second kappa shape index (κ2) is 7.08. The first-order valence-electron chi connectivity index (χ1n) is 8.50. The summed E-state index contributed by atoms with van der Waals surface area (Å²) < 4.78 is 45.4. The largest absolute Gasteiger partial charge is 0.423 e. The molecule has 0 spiro atoms. The van der Waals surface area contributed by atoms with Gasteiger partial charge in [-0.3, -0.25) is 4.79 Å². The van der Waals surface area contributed by atoms with Crippen LogP contribution in [0.15, 0.2) is 41.3 Å². The van der Waals surface area contributed by atoms with E-state index in [-0.39, 0.29) is 27.1 Å². The van der Waals surface area contributed by atoms with Gasteiger partial charge >= 0.3 is 11.7 Å². The Hall–Kier alpha value is -3.05. The number of hydrogen-bond donors (Lipinski definition) is 3. The van der Waals surface area contributed by atoms with Crippen molar-refractivity contribution in [3.63, 3.8) is 0 Å². The first kappa shape index (κ1) is 20.7. The van der Waals surface area contributed by atoms with Crippen LogP contribution in [0.3, 0.4) is 0 Å². The smallest absolute Gasteiger partial charge is 0.416 e. The van der Waals surface area contributed by atoms with Crippen LogP contribution in [0.2, 0.25) is 0 Å². The van der Waals surface area contributed by atoms with E-state index in [0.29, 0.717) is 0 Å². The van der Waals surface area contributed by atoms with Crippen molar-refractivity contribution in [1.82, 2.24) is 14.5 Å². The van der Waals surface area contributed by atoms with Crippen LogP contribution in [0.5, 0.6) is 0 Å². The molecule has 0 amide bonds.